The van der Waals surface area contributed by atoms with E-state index in [9.17, 15) is 52.7 Å². The van der Waals surface area contributed by atoms with E-state index in [4.69, 9.17) is 0 Å². The van der Waals surface area contributed by atoms with E-state index in [1.807, 2.05) is 0 Å². The lowest BCUT2D eigenvalue weighted by atomic mass is 10.5. The molecule has 0 saturated heterocycles. The molecule has 2 atom stereocenters. The summed E-state index contributed by atoms with van der Waals surface area (Å²) in [5.41, 5.74) is -7.24. The molecule has 0 aromatic heterocycles. The molecule has 0 saturated carbocycles. The molecule has 3 nitrogen and oxygen atoms in total. The fourth-order valence-corrected chi connectivity index (χ4v) is 1.41. The van der Waals surface area contributed by atoms with Crippen molar-refractivity contribution >= 4 is 23.2 Å². The minimum absolute atomic E-state index is 2.54. The molecule has 23 heavy (non-hydrogen) atoms. The van der Waals surface area contributed by atoms with Gasteiger partial charge in [-0.15, -0.1) is 16.5 Å². The van der Waals surface area contributed by atoms with Crippen molar-refractivity contribution in [1.82, 2.24) is 9.96 Å². The van der Waals surface area contributed by atoms with Gasteiger partial charge in [0.1, 0.15) is 5.50 Å². The van der Waals surface area contributed by atoms with Crippen LogP contribution in [0, 0.1) is 0 Å². The van der Waals surface area contributed by atoms with Gasteiger partial charge in [0.2, 0.25) is 0 Å². The van der Waals surface area contributed by atoms with Crippen molar-refractivity contribution in [2.24, 2.45) is 0 Å². The third kappa shape index (κ3) is 6.56. The summed E-state index contributed by atoms with van der Waals surface area (Å²) in [5, 5.41) is -2.79. The van der Waals surface area contributed by atoms with Gasteiger partial charge in [0.15, 0.2) is 5.56 Å². The molecule has 0 radical (unpaired) electrons. The van der Waals surface area contributed by atoms with Crippen molar-refractivity contribution in [3.8, 4) is 0 Å². The summed E-state index contributed by atoms with van der Waals surface area (Å²) in [6.45, 7) is 0. The Morgan fingerprint density at radius 2 is 0.913 bits per heavy atom. The Bertz CT molecular complexity index is 361. The molecule has 0 aliphatic carbocycles. The summed E-state index contributed by atoms with van der Waals surface area (Å²) in [6, 6.07) is 0. The molecular weight excluding hydrogens is 415 g/mol. The van der Waals surface area contributed by atoms with Crippen molar-refractivity contribution < 1.29 is 57.5 Å². The first kappa shape index (κ1) is 22.6. The molecule has 140 valence electrons. The van der Waals surface area contributed by atoms with E-state index >= 15 is 0 Å². The summed E-state index contributed by atoms with van der Waals surface area (Å²) in [4.78, 5) is 0.350. The molecule has 17 heteroatoms. The highest BCUT2D eigenvalue weighted by Crippen LogP contribution is 2.41. The number of hydrogen-bond donors (Lipinski definition) is 0. The Labute approximate surface area is 128 Å². The zero-order chi connectivity index (χ0) is 19.0. The Morgan fingerprint density at radius 1 is 0.609 bits per heavy atom. The number of alkyl halides is 14. The number of halogens is 14. The maximum atomic E-state index is 12.2. The van der Waals surface area contributed by atoms with Gasteiger partial charge in [-0.2, -0.15) is 52.7 Å². The number of hydrogen-bond acceptors (Lipinski definition) is 3. The predicted octanol–water partition coefficient (Wildman–Crippen LogP) is 4.73. The van der Waals surface area contributed by atoms with Crippen LogP contribution in [0.25, 0.3) is 0 Å². The number of hydroxylamine groups is 2. The zero-order valence-electron chi connectivity index (χ0n) is 9.75. The van der Waals surface area contributed by atoms with Crippen LogP contribution in [0.1, 0.15) is 0 Å². The molecule has 0 rings (SSSR count). The molecule has 0 spiro atoms. The first-order valence-electron chi connectivity index (χ1n) is 4.61. The third-order valence-electron chi connectivity index (χ3n) is 1.68. The van der Waals surface area contributed by atoms with Gasteiger partial charge in [-0.3, -0.25) is 4.84 Å². The van der Waals surface area contributed by atoms with Gasteiger partial charge in [0, 0.05) is 5.06 Å². The molecule has 0 aliphatic rings. The van der Waals surface area contributed by atoms with E-state index in [0.717, 1.165) is 0 Å². The largest absolute Gasteiger partial charge is 0.490 e. The van der Waals surface area contributed by atoms with Crippen LogP contribution < -0.4 is 0 Å². The highest BCUT2D eigenvalue weighted by molar-refractivity contribution is 6.29. The highest BCUT2D eigenvalue weighted by atomic mass is 35.5. The normalized spacial score (nSPS) is 17.7. The van der Waals surface area contributed by atoms with Gasteiger partial charge >= 0.3 is 25.2 Å². The monoisotopic (exact) mass is 416 g/mol. The fourth-order valence-electron chi connectivity index (χ4n) is 0.955. The molecule has 0 aromatic rings. The smallest absolute Gasteiger partial charge is 0.261 e. The fraction of sp³-hybridized carbons (Fsp3) is 1.00. The molecule has 0 fully saturated rings. The Kier molecular flexibility index (Phi) is 6.74. The van der Waals surface area contributed by atoms with Crippen LogP contribution in [0.5, 0.6) is 0 Å². The van der Waals surface area contributed by atoms with Crippen LogP contribution in [-0.2, 0) is 4.84 Å². The van der Waals surface area contributed by atoms with Gasteiger partial charge in [-0.1, -0.05) is 11.6 Å². The van der Waals surface area contributed by atoms with Crippen LogP contribution in [-0.4, -0.2) is 46.2 Å². The van der Waals surface area contributed by atoms with Crippen LogP contribution >= 0.6 is 23.2 Å². The average Bonchev–Trinajstić information content (AvgIpc) is 2.17. The van der Waals surface area contributed by atoms with Gasteiger partial charge < -0.3 is 0 Å². The molecule has 0 heterocycles. The van der Waals surface area contributed by atoms with Crippen molar-refractivity contribution in [3.63, 3.8) is 0 Å². The van der Waals surface area contributed by atoms with E-state index in [1.165, 1.54) is 0 Å². The first-order chi connectivity index (χ1) is 9.79. The van der Waals surface area contributed by atoms with Crippen molar-refractivity contribution in [3.05, 3.63) is 0 Å². The Balaban J connectivity index is 5.46. The summed E-state index contributed by atoms with van der Waals surface area (Å²) >= 11 is 9.19. The second-order valence-electron chi connectivity index (χ2n) is 3.36. The van der Waals surface area contributed by atoms with Gasteiger partial charge in [0.05, 0.1) is 0 Å². The van der Waals surface area contributed by atoms with Crippen molar-refractivity contribution in [2.45, 2.75) is 36.3 Å². The lowest BCUT2D eigenvalue weighted by molar-refractivity contribution is -0.489. The summed E-state index contributed by atoms with van der Waals surface area (Å²) < 4.78 is 145. The summed E-state index contributed by atoms with van der Waals surface area (Å²) in [5.74, 6) is 0. The lowest BCUT2D eigenvalue weighted by Gasteiger charge is -2.34. The molecular formula is C6H2Cl2F12N2O. The van der Waals surface area contributed by atoms with Gasteiger partial charge in [-0.05, 0) is 0 Å². The first-order valence-corrected chi connectivity index (χ1v) is 5.48. The van der Waals surface area contributed by atoms with Crippen molar-refractivity contribution in [2.75, 3.05) is 0 Å². The number of rotatable bonds is 4. The van der Waals surface area contributed by atoms with Crippen LogP contribution in [0.4, 0.5) is 52.7 Å². The standard InChI is InChI=1S/C6H2Cl2F12N2O/c7-1(21(3(9,10)11)4(12,13)14)2(8)23-22(5(15,16)17)6(18,19)20/h1-2H/t1-,2-/m0/s1. The van der Waals surface area contributed by atoms with Crippen LogP contribution in [0.2, 0.25) is 0 Å². The third-order valence-corrected chi connectivity index (χ3v) is 2.55. The van der Waals surface area contributed by atoms with Gasteiger partial charge in [-0.25, -0.2) is 0 Å². The highest BCUT2D eigenvalue weighted by Gasteiger charge is 2.61. The second-order valence-corrected chi connectivity index (χ2v) is 4.24. The topological polar surface area (TPSA) is 15.7 Å². The minimum Gasteiger partial charge on any atom is -0.261 e. The molecule has 0 amide bonds. The predicted molar refractivity (Wildman–Crippen MR) is 48.3 cm³/mol. The Hall–Kier alpha value is -0.380. The zero-order valence-corrected chi connectivity index (χ0v) is 11.3. The molecule has 0 aliphatic heterocycles. The molecule has 0 unspecified atom stereocenters. The van der Waals surface area contributed by atoms with E-state index in [1.54, 1.807) is 0 Å². The summed E-state index contributed by atoms with van der Waals surface area (Å²) in [7, 11) is 0. The van der Waals surface area contributed by atoms with Crippen molar-refractivity contribution in [1.29, 1.82) is 0 Å². The molecule has 0 aromatic carbocycles. The minimum atomic E-state index is -6.37. The van der Waals surface area contributed by atoms with E-state index in [0.29, 0.717) is 0 Å². The van der Waals surface area contributed by atoms with Gasteiger partial charge in [0.25, 0.3) is 0 Å². The average molecular weight is 417 g/mol. The van der Waals surface area contributed by atoms with E-state index in [-0.39, 0.29) is 0 Å². The van der Waals surface area contributed by atoms with Crippen LogP contribution in [0.15, 0.2) is 0 Å². The second kappa shape index (κ2) is 6.85. The SMILES string of the molecule is FC(F)(F)N(O[C@H](Cl)[C@@H](Cl)N(C(F)(F)F)C(F)(F)F)C(F)(F)F. The van der Waals surface area contributed by atoms with E-state index in [2.05, 4.69) is 28.0 Å². The van der Waals surface area contributed by atoms with Crippen LogP contribution in [0.3, 0.4) is 0 Å². The van der Waals surface area contributed by atoms with E-state index < -0.39 is 46.2 Å². The molecule has 0 N–H and O–H groups in total. The quantitative estimate of drug-likeness (QED) is 0.285. The maximum Gasteiger partial charge on any atom is 0.490 e. The number of nitrogens with zero attached hydrogens (tertiary/aromatic N) is 2. The Morgan fingerprint density at radius 3 is 1.13 bits per heavy atom. The summed E-state index contributed by atoms with van der Waals surface area (Å²) in [6.07, 6.45) is -25.4. The lowest BCUT2D eigenvalue weighted by Crippen LogP contribution is -2.57. The molecule has 0 bridgehead atoms. The maximum absolute atomic E-state index is 12.2.